The lowest BCUT2D eigenvalue weighted by Gasteiger charge is -2.01. The summed E-state index contributed by atoms with van der Waals surface area (Å²) in [5.41, 5.74) is 1.54. The highest BCUT2D eigenvalue weighted by molar-refractivity contribution is 7.20. The van der Waals surface area contributed by atoms with Crippen molar-refractivity contribution in [2.75, 3.05) is 0 Å². The molecule has 2 aromatic rings. The van der Waals surface area contributed by atoms with Gasteiger partial charge in [0.15, 0.2) is 0 Å². The summed E-state index contributed by atoms with van der Waals surface area (Å²) in [5.74, 6) is 0. The van der Waals surface area contributed by atoms with E-state index in [-0.39, 0.29) is 0 Å². The Balaban J connectivity index is 1.97. The Labute approximate surface area is 106 Å². The zero-order valence-electron chi connectivity index (χ0n) is 9.74. The summed E-state index contributed by atoms with van der Waals surface area (Å²) in [6.45, 7) is 2.27. The van der Waals surface area contributed by atoms with Crippen LogP contribution in [0, 0.1) is 0 Å². The van der Waals surface area contributed by atoms with Crippen LogP contribution in [0.1, 0.15) is 38.2 Å². The molecule has 0 fully saturated rings. The summed E-state index contributed by atoms with van der Waals surface area (Å²) in [7, 11) is 0. The van der Waals surface area contributed by atoms with E-state index in [4.69, 9.17) is 0 Å². The second-order valence-corrected chi connectivity index (χ2v) is 5.93. The Bertz CT molecular complexity index is 398. The minimum atomic E-state index is 1.25. The van der Waals surface area contributed by atoms with Crippen LogP contribution in [0.2, 0.25) is 0 Å². The fraction of sp³-hybridized carbons (Fsp3) is 0.429. The number of hydrogen-bond acceptors (Lipinski definition) is 2. The molecule has 0 nitrogen and oxygen atoms in total. The highest BCUT2D eigenvalue weighted by Gasteiger charge is 2.07. The molecule has 0 N–H and O–H groups in total. The minimum absolute atomic E-state index is 1.25. The zero-order chi connectivity index (χ0) is 11.2. The topological polar surface area (TPSA) is 0 Å². The lowest BCUT2D eigenvalue weighted by molar-refractivity contribution is 0.668. The largest absolute Gasteiger partial charge is 0.143 e. The SMILES string of the molecule is CCCCCCc1ccsc1-c1cccs1. The van der Waals surface area contributed by atoms with Gasteiger partial charge in [-0.25, -0.2) is 0 Å². The van der Waals surface area contributed by atoms with Gasteiger partial charge < -0.3 is 0 Å². The van der Waals surface area contributed by atoms with Gasteiger partial charge in [0.05, 0.1) is 0 Å². The molecule has 2 aromatic heterocycles. The van der Waals surface area contributed by atoms with E-state index in [9.17, 15) is 0 Å². The van der Waals surface area contributed by atoms with Crippen molar-refractivity contribution in [3.05, 3.63) is 34.5 Å². The van der Waals surface area contributed by atoms with Crippen LogP contribution in [0.25, 0.3) is 9.75 Å². The first kappa shape index (κ1) is 11.9. The molecule has 0 saturated heterocycles. The van der Waals surface area contributed by atoms with Crippen molar-refractivity contribution in [1.82, 2.24) is 0 Å². The van der Waals surface area contributed by atoms with E-state index in [1.807, 2.05) is 22.7 Å². The first-order chi connectivity index (χ1) is 7.92. The van der Waals surface area contributed by atoms with Crippen LogP contribution >= 0.6 is 22.7 Å². The Morgan fingerprint density at radius 1 is 1.00 bits per heavy atom. The molecule has 16 heavy (non-hydrogen) atoms. The van der Waals surface area contributed by atoms with E-state index >= 15 is 0 Å². The average Bonchev–Trinajstić information content (AvgIpc) is 2.94. The second kappa shape index (κ2) is 6.21. The van der Waals surface area contributed by atoms with E-state index in [0.717, 1.165) is 0 Å². The van der Waals surface area contributed by atoms with Crippen molar-refractivity contribution in [2.24, 2.45) is 0 Å². The van der Waals surface area contributed by atoms with Crippen molar-refractivity contribution in [2.45, 2.75) is 39.0 Å². The number of hydrogen-bond donors (Lipinski definition) is 0. The number of aryl methyl sites for hydroxylation is 1. The monoisotopic (exact) mass is 250 g/mol. The molecule has 0 aliphatic carbocycles. The molecule has 2 heteroatoms. The fourth-order valence-corrected chi connectivity index (χ4v) is 3.76. The third-order valence-electron chi connectivity index (χ3n) is 2.79. The Hall–Kier alpha value is -0.600. The van der Waals surface area contributed by atoms with Gasteiger partial charge in [-0.1, -0.05) is 32.3 Å². The van der Waals surface area contributed by atoms with E-state index in [0.29, 0.717) is 0 Å². The molecule has 0 spiro atoms. The molecule has 0 unspecified atom stereocenters. The van der Waals surface area contributed by atoms with Gasteiger partial charge >= 0.3 is 0 Å². The van der Waals surface area contributed by atoms with Crippen molar-refractivity contribution in [3.8, 4) is 9.75 Å². The molecular weight excluding hydrogens is 232 g/mol. The van der Waals surface area contributed by atoms with Gasteiger partial charge in [-0.15, -0.1) is 22.7 Å². The maximum atomic E-state index is 2.30. The van der Waals surface area contributed by atoms with Gasteiger partial charge in [-0.05, 0) is 41.3 Å². The van der Waals surface area contributed by atoms with Crippen LogP contribution in [-0.2, 0) is 6.42 Å². The summed E-state index contributed by atoms with van der Waals surface area (Å²) in [4.78, 5) is 2.92. The van der Waals surface area contributed by atoms with Gasteiger partial charge in [-0.2, -0.15) is 0 Å². The van der Waals surface area contributed by atoms with Gasteiger partial charge in [-0.3, -0.25) is 0 Å². The third kappa shape index (κ3) is 2.96. The average molecular weight is 250 g/mol. The second-order valence-electron chi connectivity index (χ2n) is 4.06. The van der Waals surface area contributed by atoms with E-state index in [1.54, 1.807) is 5.56 Å². The highest BCUT2D eigenvalue weighted by atomic mass is 32.1. The molecule has 2 heterocycles. The van der Waals surface area contributed by atoms with Crippen molar-refractivity contribution < 1.29 is 0 Å². The smallest absolute Gasteiger partial charge is 0.0474 e. The third-order valence-corrected chi connectivity index (χ3v) is 4.80. The fourth-order valence-electron chi connectivity index (χ4n) is 1.90. The summed E-state index contributed by atoms with van der Waals surface area (Å²) >= 11 is 3.73. The van der Waals surface area contributed by atoms with Crippen LogP contribution in [-0.4, -0.2) is 0 Å². The molecular formula is C14H18S2. The molecule has 0 amide bonds. The number of rotatable bonds is 6. The quantitative estimate of drug-likeness (QED) is 0.585. The van der Waals surface area contributed by atoms with Crippen LogP contribution < -0.4 is 0 Å². The number of unbranched alkanes of at least 4 members (excludes halogenated alkanes) is 3. The summed E-state index contributed by atoms with van der Waals surface area (Å²) in [5, 5.41) is 4.39. The van der Waals surface area contributed by atoms with Crippen LogP contribution in [0.5, 0.6) is 0 Å². The van der Waals surface area contributed by atoms with E-state index < -0.39 is 0 Å². The van der Waals surface area contributed by atoms with E-state index in [2.05, 4.69) is 35.9 Å². The molecule has 0 aliphatic rings. The first-order valence-electron chi connectivity index (χ1n) is 6.02. The van der Waals surface area contributed by atoms with Gasteiger partial charge in [0.2, 0.25) is 0 Å². The molecule has 0 atom stereocenters. The van der Waals surface area contributed by atoms with Gasteiger partial charge in [0.25, 0.3) is 0 Å². The summed E-state index contributed by atoms with van der Waals surface area (Å²) in [6.07, 6.45) is 6.65. The molecule has 0 aliphatic heterocycles. The maximum Gasteiger partial charge on any atom is 0.0474 e. The van der Waals surface area contributed by atoms with Crippen LogP contribution in [0.3, 0.4) is 0 Å². The van der Waals surface area contributed by atoms with Crippen LogP contribution in [0.15, 0.2) is 29.0 Å². The number of thiophene rings is 2. The van der Waals surface area contributed by atoms with Gasteiger partial charge in [0, 0.05) is 9.75 Å². The summed E-state index contributed by atoms with van der Waals surface area (Å²) in [6, 6.07) is 6.66. The summed E-state index contributed by atoms with van der Waals surface area (Å²) < 4.78 is 0. The zero-order valence-corrected chi connectivity index (χ0v) is 11.4. The molecule has 86 valence electrons. The minimum Gasteiger partial charge on any atom is -0.143 e. The molecule has 0 radical (unpaired) electrons. The van der Waals surface area contributed by atoms with Crippen molar-refractivity contribution in [1.29, 1.82) is 0 Å². The van der Waals surface area contributed by atoms with Crippen LogP contribution in [0.4, 0.5) is 0 Å². The molecule has 2 rings (SSSR count). The Kier molecular flexibility index (Phi) is 4.61. The van der Waals surface area contributed by atoms with E-state index in [1.165, 1.54) is 41.9 Å². The predicted octanol–water partition coefficient (Wildman–Crippen LogP) is 5.60. The molecule has 0 saturated carbocycles. The molecule has 0 aromatic carbocycles. The van der Waals surface area contributed by atoms with Gasteiger partial charge in [0.1, 0.15) is 0 Å². The normalized spacial score (nSPS) is 10.8. The Morgan fingerprint density at radius 3 is 2.69 bits per heavy atom. The molecule has 0 bridgehead atoms. The standard InChI is InChI=1S/C14H18S2/c1-2-3-4-5-7-12-9-11-16-14(12)13-8-6-10-15-13/h6,8-11H,2-5,7H2,1H3. The first-order valence-corrected chi connectivity index (χ1v) is 7.78. The highest BCUT2D eigenvalue weighted by Crippen LogP contribution is 2.33. The predicted molar refractivity (Wildman–Crippen MR) is 75.5 cm³/mol. The Morgan fingerprint density at radius 2 is 1.94 bits per heavy atom. The van der Waals surface area contributed by atoms with Crippen molar-refractivity contribution >= 4 is 22.7 Å². The van der Waals surface area contributed by atoms with Crippen molar-refractivity contribution in [3.63, 3.8) is 0 Å². The lowest BCUT2D eigenvalue weighted by Crippen LogP contribution is -1.85. The maximum absolute atomic E-state index is 2.30. The lowest BCUT2D eigenvalue weighted by atomic mass is 10.1.